The first-order chi connectivity index (χ1) is 5.22. The van der Waals surface area contributed by atoms with Crippen molar-refractivity contribution in [2.45, 2.75) is 12.8 Å². The molecule has 2 nitrogen and oxygen atoms in total. The molecule has 0 fully saturated rings. The summed E-state index contributed by atoms with van der Waals surface area (Å²) in [5.74, 6) is -1.55. The Kier molecular flexibility index (Phi) is 4.73. The third-order valence-corrected chi connectivity index (χ3v) is 1.65. The van der Waals surface area contributed by atoms with Gasteiger partial charge in [0.2, 0.25) is 0 Å². The summed E-state index contributed by atoms with van der Waals surface area (Å²) in [5, 5.41) is 10.4. The van der Waals surface area contributed by atoms with Crippen molar-refractivity contribution in [1.29, 1.82) is 0 Å². The molecule has 1 unspecified atom stereocenters. The van der Waals surface area contributed by atoms with Gasteiger partial charge in [-0.2, -0.15) is 0 Å². The second kappa shape index (κ2) is 5.03. The van der Waals surface area contributed by atoms with Crippen LogP contribution in [-0.2, 0) is 4.79 Å². The van der Waals surface area contributed by atoms with Crippen molar-refractivity contribution >= 4 is 5.97 Å². The van der Waals surface area contributed by atoms with Gasteiger partial charge < -0.3 is 9.90 Å². The molecule has 0 aromatic heterocycles. The molecule has 1 aromatic carbocycles. The van der Waals surface area contributed by atoms with Crippen LogP contribution in [-0.4, -0.2) is 5.97 Å². The summed E-state index contributed by atoms with van der Waals surface area (Å²) < 4.78 is 0. The first kappa shape index (κ1) is 11.3. The number of carbonyl (C=O) groups is 1. The molecule has 0 spiro atoms. The van der Waals surface area contributed by atoms with E-state index in [1.54, 1.807) is 19.1 Å². The normalized spacial score (nSPS) is 11.4. The number of rotatable bonds is 2. The molecule has 0 saturated heterocycles. The zero-order valence-electron chi connectivity index (χ0n) is 7.28. The van der Waals surface area contributed by atoms with Crippen molar-refractivity contribution < 1.29 is 28.8 Å². The van der Waals surface area contributed by atoms with Gasteiger partial charge >= 0.3 is 18.9 Å². The largest absolute Gasteiger partial charge is 1.00 e. The summed E-state index contributed by atoms with van der Waals surface area (Å²) >= 11 is 0. The Morgan fingerprint density at radius 3 is 2.25 bits per heavy atom. The van der Waals surface area contributed by atoms with Crippen molar-refractivity contribution in [2.24, 2.45) is 0 Å². The molecule has 3 heteroatoms. The number of carbonyl (C=O) groups excluding carboxylic acids is 1. The topological polar surface area (TPSA) is 40.1 Å². The van der Waals surface area contributed by atoms with E-state index in [-0.39, 0.29) is 18.9 Å². The number of carboxylic acid groups (broad SMARTS) is 1. The quantitative estimate of drug-likeness (QED) is 0.446. The van der Waals surface area contributed by atoms with Crippen LogP contribution in [0.15, 0.2) is 30.3 Å². The maximum atomic E-state index is 10.4. The van der Waals surface area contributed by atoms with Crippen LogP contribution in [0.4, 0.5) is 0 Å². The summed E-state index contributed by atoms with van der Waals surface area (Å²) in [4.78, 5) is 10.4. The Hall–Kier alpha value is -0.713. The van der Waals surface area contributed by atoms with E-state index in [1.807, 2.05) is 18.2 Å². The molecule has 0 bridgehead atoms. The van der Waals surface area contributed by atoms with Crippen LogP contribution < -0.4 is 24.0 Å². The fraction of sp³-hybridized carbons (Fsp3) is 0.222. The zero-order chi connectivity index (χ0) is 8.27. The molecule has 0 heterocycles. The van der Waals surface area contributed by atoms with Crippen molar-refractivity contribution in [3.05, 3.63) is 35.9 Å². The van der Waals surface area contributed by atoms with E-state index in [0.717, 1.165) is 5.56 Å². The van der Waals surface area contributed by atoms with Gasteiger partial charge in [0.05, 0.1) is 0 Å². The average molecular weight is 156 g/mol. The molecule has 0 aliphatic carbocycles. The minimum absolute atomic E-state index is 0. The Morgan fingerprint density at radius 2 is 1.83 bits per heavy atom. The van der Waals surface area contributed by atoms with Gasteiger partial charge in [0.25, 0.3) is 0 Å². The number of hydrogen-bond donors (Lipinski definition) is 0. The molecule has 1 aromatic rings. The van der Waals surface area contributed by atoms with Crippen LogP contribution in [0.5, 0.6) is 0 Å². The minimum Gasteiger partial charge on any atom is -0.550 e. The molecule has 0 amide bonds. The number of hydrogen-bond acceptors (Lipinski definition) is 2. The molecule has 0 aliphatic rings. The van der Waals surface area contributed by atoms with Crippen molar-refractivity contribution in [3.8, 4) is 0 Å². The van der Waals surface area contributed by atoms with Crippen LogP contribution in [0.2, 0.25) is 0 Å². The molecular weight excluding hydrogens is 147 g/mol. The fourth-order valence-corrected chi connectivity index (χ4v) is 0.878. The van der Waals surface area contributed by atoms with E-state index in [0.29, 0.717) is 0 Å². The van der Waals surface area contributed by atoms with E-state index in [9.17, 15) is 9.90 Å². The van der Waals surface area contributed by atoms with Gasteiger partial charge in [-0.05, 0) is 5.56 Å². The number of carboxylic acids is 1. The predicted octanol–water partition coefficient (Wildman–Crippen LogP) is -2.46. The molecule has 0 radical (unpaired) electrons. The number of benzene rings is 1. The predicted molar refractivity (Wildman–Crippen MR) is 39.9 cm³/mol. The van der Waals surface area contributed by atoms with Crippen LogP contribution in [0.3, 0.4) is 0 Å². The molecule has 0 N–H and O–H groups in total. The Morgan fingerprint density at radius 1 is 1.33 bits per heavy atom. The number of aliphatic carboxylic acids is 1. The van der Waals surface area contributed by atoms with Crippen LogP contribution in [0, 0.1) is 0 Å². The van der Waals surface area contributed by atoms with E-state index >= 15 is 0 Å². The molecule has 0 aliphatic heterocycles. The monoisotopic (exact) mass is 156 g/mol. The third-order valence-electron chi connectivity index (χ3n) is 1.65. The smallest absolute Gasteiger partial charge is 0.550 e. The molecule has 1 rings (SSSR count). The van der Waals surface area contributed by atoms with Crippen molar-refractivity contribution in [1.82, 2.24) is 0 Å². The third kappa shape index (κ3) is 2.73. The maximum Gasteiger partial charge on any atom is 1.00 e. The minimum atomic E-state index is -1.03. The van der Waals surface area contributed by atoms with Gasteiger partial charge in [0.15, 0.2) is 0 Å². The molecule has 0 saturated carbocycles. The van der Waals surface area contributed by atoms with Gasteiger partial charge in [-0.25, -0.2) is 0 Å². The van der Waals surface area contributed by atoms with E-state index < -0.39 is 11.9 Å². The van der Waals surface area contributed by atoms with Crippen LogP contribution in [0.1, 0.15) is 18.4 Å². The SMILES string of the molecule is CC(C(=O)[O-])c1ccccc1.[Li+]. The fourth-order valence-electron chi connectivity index (χ4n) is 0.878. The van der Waals surface area contributed by atoms with Crippen molar-refractivity contribution in [3.63, 3.8) is 0 Å². The van der Waals surface area contributed by atoms with Crippen LogP contribution in [0.25, 0.3) is 0 Å². The summed E-state index contributed by atoms with van der Waals surface area (Å²) in [5.41, 5.74) is 0.785. The zero-order valence-corrected chi connectivity index (χ0v) is 7.28. The van der Waals surface area contributed by atoms with Gasteiger partial charge in [-0.3, -0.25) is 0 Å². The Labute approximate surface area is 83.8 Å². The summed E-state index contributed by atoms with van der Waals surface area (Å²) in [7, 11) is 0. The van der Waals surface area contributed by atoms with Crippen LogP contribution >= 0.6 is 0 Å². The second-order valence-electron chi connectivity index (χ2n) is 2.45. The van der Waals surface area contributed by atoms with Gasteiger partial charge in [0.1, 0.15) is 0 Å². The van der Waals surface area contributed by atoms with Gasteiger partial charge in [-0.15, -0.1) is 0 Å². The van der Waals surface area contributed by atoms with E-state index in [4.69, 9.17) is 0 Å². The first-order valence-corrected chi connectivity index (χ1v) is 3.47. The second-order valence-corrected chi connectivity index (χ2v) is 2.45. The molecular formula is C9H9LiO2. The van der Waals surface area contributed by atoms with E-state index in [1.165, 1.54) is 0 Å². The first-order valence-electron chi connectivity index (χ1n) is 3.47. The summed E-state index contributed by atoms with van der Waals surface area (Å²) in [6.07, 6.45) is 0. The Balaban J connectivity index is 0.00000121. The maximum absolute atomic E-state index is 10.4. The standard InChI is InChI=1S/C9H10O2.Li/c1-7(9(10)11)8-5-3-2-4-6-8;/h2-7H,1H3,(H,10,11);/q;+1/p-1. The van der Waals surface area contributed by atoms with Crippen molar-refractivity contribution in [2.75, 3.05) is 0 Å². The Bertz CT molecular complexity index is 246. The summed E-state index contributed by atoms with van der Waals surface area (Å²) in [6.45, 7) is 1.62. The molecule has 12 heavy (non-hydrogen) atoms. The average Bonchev–Trinajstić information content (AvgIpc) is 2.05. The molecule has 58 valence electrons. The van der Waals surface area contributed by atoms with Gasteiger partial charge in [-0.1, -0.05) is 37.3 Å². The summed E-state index contributed by atoms with van der Waals surface area (Å²) in [6, 6.07) is 9.04. The molecule has 1 atom stereocenters. The van der Waals surface area contributed by atoms with Gasteiger partial charge in [0, 0.05) is 11.9 Å². The van der Waals surface area contributed by atoms with E-state index in [2.05, 4.69) is 0 Å².